The van der Waals surface area contributed by atoms with Crippen LogP contribution in [-0.4, -0.2) is 56.8 Å². The first-order valence-corrected chi connectivity index (χ1v) is 11.0. The van der Waals surface area contributed by atoms with E-state index < -0.39 is 0 Å². The molecule has 1 fully saturated rings. The fraction of sp³-hybridized carbons (Fsp3) is 0.280. The number of fused-ring (bicyclic) bond motifs is 1. The van der Waals surface area contributed by atoms with Crippen LogP contribution >= 0.6 is 0 Å². The van der Waals surface area contributed by atoms with Crippen molar-refractivity contribution < 1.29 is 4.79 Å². The summed E-state index contributed by atoms with van der Waals surface area (Å²) in [6, 6.07) is 22.3. The second kappa shape index (κ2) is 8.78. The van der Waals surface area contributed by atoms with Gasteiger partial charge in [0.2, 0.25) is 0 Å². The van der Waals surface area contributed by atoms with Crippen LogP contribution in [0.15, 0.2) is 66.7 Å². The summed E-state index contributed by atoms with van der Waals surface area (Å²) < 4.78 is 1.76. The van der Waals surface area contributed by atoms with E-state index in [4.69, 9.17) is 0 Å². The lowest BCUT2D eigenvalue weighted by molar-refractivity contribution is 0.0745. The molecule has 1 aliphatic heterocycles. The van der Waals surface area contributed by atoms with Crippen LogP contribution < -0.4 is 4.90 Å². The third kappa shape index (κ3) is 4.06. The molecule has 4 aromatic rings. The van der Waals surface area contributed by atoms with Crippen molar-refractivity contribution in [2.45, 2.75) is 19.8 Å². The molecule has 0 radical (unpaired) electrons. The summed E-state index contributed by atoms with van der Waals surface area (Å²) in [6.07, 6.45) is 1.78. The van der Waals surface area contributed by atoms with Crippen LogP contribution in [-0.2, 0) is 12.8 Å². The standard InChI is InChI=1S/C25H26N6O/c1-19-26-27-23-13-14-24(28-31(19)23)29-15-17-30(18-16-29)25(32)22-10-6-5-9-21(22)12-11-20-7-3-2-4-8-20/h2-10,13-14H,11-12,15-18H2,1H3. The van der Waals surface area contributed by atoms with E-state index in [1.165, 1.54) is 5.56 Å². The minimum Gasteiger partial charge on any atom is -0.352 e. The fourth-order valence-electron chi connectivity index (χ4n) is 4.23. The van der Waals surface area contributed by atoms with Crippen LogP contribution in [0.25, 0.3) is 5.65 Å². The first-order chi connectivity index (χ1) is 15.7. The van der Waals surface area contributed by atoms with E-state index >= 15 is 0 Å². The average molecular weight is 427 g/mol. The van der Waals surface area contributed by atoms with Gasteiger partial charge >= 0.3 is 0 Å². The molecule has 32 heavy (non-hydrogen) atoms. The Kier molecular flexibility index (Phi) is 5.54. The normalized spacial score (nSPS) is 14.2. The Hall–Kier alpha value is -3.74. The van der Waals surface area contributed by atoms with Gasteiger partial charge in [0, 0.05) is 31.7 Å². The fourth-order valence-corrected chi connectivity index (χ4v) is 4.23. The van der Waals surface area contributed by atoms with Crippen LogP contribution in [0.5, 0.6) is 0 Å². The maximum atomic E-state index is 13.3. The van der Waals surface area contributed by atoms with E-state index in [-0.39, 0.29) is 5.91 Å². The number of benzene rings is 2. The SMILES string of the molecule is Cc1nnc2ccc(N3CCN(C(=O)c4ccccc4CCc4ccccc4)CC3)nn12. The van der Waals surface area contributed by atoms with Gasteiger partial charge in [-0.15, -0.1) is 15.3 Å². The first-order valence-electron chi connectivity index (χ1n) is 11.0. The number of nitrogens with zero attached hydrogens (tertiary/aromatic N) is 6. The Morgan fingerprint density at radius 2 is 1.59 bits per heavy atom. The molecule has 0 spiro atoms. The van der Waals surface area contributed by atoms with Crippen LogP contribution in [0.4, 0.5) is 5.82 Å². The van der Waals surface area contributed by atoms with Gasteiger partial charge in [-0.25, -0.2) is 0 Å². The van der Waals surface area contributed by atoms with Gasteiger partial charge in [-0.05, 0) is 49.1 Å². The lowest BCUT2D eigenvalue weighted by Gasteiger charge is -2.35. The van der Waals surface area contributed by atoms with Gasteiger partial charge in [-0.2, -0.15) is 4.52 Å². The molecule has 2 aromatic carbocycles. The van der Waals surface area contributed by atoms with Crippen molar-refractivity contribution in [3.8, 4) is 0 Å². The maximum absolute atomic E-state index is 13.3. The minimum absolute atomic E-state index is 0.117. The van der Waals surface area contributed by atoms with Crippen molar-refractivity contribution in [3.63, 3.8) is 0 Å². The van der Waals surface area contributed by atoms with Crippen LogP contribution in [0.1, 0.15) is 27.3 Å². The van der Waals surface area contributed by atoms with E-state index in [0.29, 0.717) is 13.1 Å². The third-order valence-corrected chi connectivity index (χ3v) is 6.07. The quantitative estimate of drug-likeness (QED) is 0.490. The molecule has 162 valence electrons. The van der Waals surface area contributed by atoms with Crippen molar-refractivity contribution in [2.24, 2.45) is 0 Å². The number of hydrogen-bond acceptors (Lipinski definition) is 5. The zero-order chi connectivity index (χ0) is 21.9. The predicted octanol–water partition coefficient (Wildman–Crippen LogP) is 3.18. The molecule has 0 atom stereocenters. The van der Waals surface area contributed by atoms with E-state index in [1.807, 2.05) is 48.2 Å². The number of piperazine rings is 1. The number of amides is 1. The summed E-state index contributed by atoms with van der Waals surface area (Å²) >= 11 is 0. The molecule has 3 heterocycles. The number of anilines is 1. The average Bonchev–Trinajstić information content (AvgIpc) is 3.23. The van der Waals surface area contributed by atoms with Gasteiger partial charge in [-0.3, -0.25) is 4.79 Å². The summed E-state index contributed by atoms with van der Waals surface area (Å²) in [5.41, 5.74) is 3.96. The molecule has 7 heteroatoms. The number of carbonyl (C=O) groups is 1. The summed E-state index contributed by atoms with van der Waals surface area (Å²) in [6.45, 7) is 4.73. The molecule has 0 aliphatic carbocycles. The Bertz CT molecular complexity index is 1230. The van der Waals surface area contributed by atoms with Gasteiger partial charge in [0.25, 0.3) is 5.91 Å². The molecule has 7 nitrogen and oxygen atoms in total. The largest absolute Gasteiger partial charge is 0.352 e. The monoisotopic (exact) mass is 426 g/mol. The highest BCUT2D eigenvalue weighted by atomic mass is 16.2. The Labute approximate surface area is 187 Å². The van der Waals surface area contributed by atoms with Gasteiger partial charge in [0.05, 0.1) is 0 Å². The lowest BCUT2D eigenvalue weighted by Crippen LogP contribution is -2.49. The second-order valence-corrected chi connectivity index (χ2v) is 8.13. The second-order valence-electron chi connectivity index (χ2n) is 8.13. The number of aryl methyl sites for hydroxylation is 3. The Morgan fingerprint density at radius 3 is 2.41 bits per heavy atom. The molecule has 0 N–H and O–H groups in total. The van der Waals surface area contributed by atoms with Gasteiger partial charge in [0.15, 0.2) is 11.5 Å². The van der Waals surface area contributed by atoms with Crippen LogP contribution in [0.2, 0.25) is 0 Å². The summed E-state index contributed by atoms with van der Waals surface area (Å²) in [5.74, 6) is 1.77. The smallest absolute Gasteiger partial charge is 0.254 e. The number of aromatic nitrogens is 4. The van der Waals surface area contributed by atoms with Crippen molar-refractivity contribution in [1.82, 2.24) is 24.7 Å². The molecular weight excluding hydrogens is 400 g/mol. The van der Waals surface area contributed by atoms with Crippen molar-refractivity contribution in [2.75, 3.05) is 31.1 Å². The van der Waals surface area contributed by atoms with Crippen molar-refractivity contribution >= 4 is 17.4 Å². The lowest BCUT2D eigenvalue weighted by atomic mass is 9.99. The van der Waals surface area contributed by atoms with E-state index in [1.54, 1.807) is 4.52 Å². The van der Waals surface area contributed by atoms with E-state index in [0.717, 1.165) is 54.3 Å². The number of carbonyl (C=O) groups excluding carboxylic acids is 1. The number of hydrogen-bond donors (Lipinski definition) is 0. The highest BCUT2D eigenvalue weighted by Gasteiger charge is 2.24. The van der Waals surface area contributed by atoms with E-state index in [2.05, 4.69) is 50.5 Å². The van der Waals surface area contributed by atoms with Gasteiger partial charge in [-0.1, -0.05) is 48.5 Å². The summed E-state index contributed by atoms with van der Waals surface area (Å²) in [4.78, 5) is 17.5. The molecule has 1 saturated heterocycles. The highest BCUT2D eigenvalue weighted by Crippen LogP contribution is 2.19. The predicted molar refractivity (Wildman–Crippen MR) is 124 cm³/mol. The van der Waals surface area contributed by atoms with Gasteiger partial charge in [0.1, 0.15) is 5.82 Å². The molecule has 0 bridgehead atoms. The van der Waals surface area contributed by atoms with E-state index in [9.17, 15) is 4.79 Å². The molecule has 0 saturated carbocycles. The first kappa shape index (κ1) is 20.2. The minimum atomic E-state index is 0.117. The van der Waals surface area contributed by atoms with Gasteiger partial charge < -0.3 is 9.80 Å². The molecule has 1 aliphatic rings. The zero-order valence-corrected chi connectivity index (χ0v) is 18.2. The molecule has 0 unspecified atom stereocenters. The zero-order valence-electron chi connectivity index (χ0n) is 18.2. The molecule has 5 rings (SSSR count). The molecular formula is C25H26N6O. The van der Waals surface area contributed by atoms with Crippen molar-refractivity contribution in [3.05, 3.63) is 89.2 Å². The maximum Gasteiger partial charge on any atom is 0.254 e. The summed E-state index contributed by atoms with van der Waals surface area (Å²) in [7, 11) is 0. The van der Waals surface area contributed by atoms with Crippen LogP contribution in [0, 0.1) is 6.92 Å². The van der Waals surface area contributed by atoms with Crippen molar-refractivity contribution in [1.29, 1.82) is 0 Å². The number of rotatable bonds is 5. The molecule has 1 amide bonds. The molecule has 2 aromatic heterocycles. The third-order valence-electron chi connectivity index (χ3n) is 6.07. The Morgan fingerprint density at radius 1 is 0.844 bits per heavy atom. The van der Waals surface area contributed by atoms with Crippen LogP contribution in [0.3, 0.4) is 0 Å². The summed E-state index contributed by atoms with van der Waals surface area (Å²) in [5, 5.41) is 12.8. The topological polar surface area (TPSA) is 66.6 Å². The highest BCUT2D eigenvalue weighted by molar-refractivity contribution is 5.95. The Balaban J connectivity index is 1.25.